The summed E-state index contributed by atoms with van der Waals surface area (Å²) in [6.07, 6.45) is 2.30. The molecule has 2 amide bonds. The van der Waals surface area contributed by atoms with Crippen LogP contribution in [0.4, 0.5) is 16.4 Å². The summed E-state index contributed by atoms with van der Waals surface area (Å²) in [6.45, 7) is 4.06. The normalized spacial score (nSPS) is 11.7. The minimum absolute atomic E-state index is 0.116. The van der Waals surface area contributed by atoms with Crippen molar-refractivity contribution in [1.29, 1.82) is 0 Å². The lowest BCUT2D eigenvalue weighted by molar-refractivity contribution is 0.175. The Morgan fingerprint density at radius 1 is 1.17 bits per heavy atom. The highest BCUT2D eigenvalue weighted by atomic mass is 16.3. The Hall–Kier alpha value is -2.67. The van der Waals surface area contributed by atoms with Gasteiger partial charge in [-0.15, -0.1) is 0 Å². The molecule has 1 aromatic heterocycles. The van der Waals surface area contributed by atoms with Crippen LogP contribution >= 0.6 is 0 Å². The summed E-state index contributed by atoms with van der Waals surface area (Å²) in [7, 11) is 3.67. The number of urea groups is 1. The predicted molar refractivity (Wildman–Crippen MR) is 94.3 cm³/mol. The molecule has 1 atom stereocenters. The first kappa shape index (κ1) is 17.7. The third-order valence-electron chi connectivity index (χ3n) is 3.38. The summed E-state index contributed by atoms with van der Waals surface area (Å²) in [5.41, 5.74) is 3.42. The van der Waals surface area contributed by atoms with Gasteiger partial charge in [-0.05, 0) is 19.4 Å². The van der Waals surface area contributed by atoms with E-state index >= 15 is 0 Å². The lowest BCUT2D eigenvalue weighted by Gasteiger charge is -2.14. The van der Waals surface area contributed by atoms with Gasteiger partial charge >= 0.3 is 6.03 Å². The van der Waals surface area contributed by atoms with Crippen LogP contribution in [0.1, 0.15) is 22.8 Å². The molecule has 0 spiro atoms. The molecule has 0 saturated carbocycles. The molecule has 1 unspecified atom stereocenters. The fraction of sp³-hybridized carbons (Fsp3) is 0.353. The van der Waals surface area contributed by atoms with Gasteiger partial charge in [0.2, 0.25) is 5.95 Å². The van der Waals surface area contributed by atoms with Crippen LogP contribution in [0.3, 0.4) is 0 Å². The quantitative estimate of drug-likeness (QED) is 0.781. The second-order valence-electron chi connectivity index (χ2n) is 5.94. The van der Waals surface area contributed by atoms with Gasteiger partial charge in [0.05, 0.1) is 24.2 Å². The minimum atomic E-state index is -0.762. The van der Waals surface area contributed by atoms with Crippen LogP contribution in [0, 0.1) is 13.8 Å². The molecule has 2 aromatic rings. The largest absolute Gasteiger partial charge is 0.387 e. The van der Waals surface area contributed by atoms with Gasteiger partial charge in [0.15, 0.2) is 0 Å². The van der Waals surface area contributed by atoms with Gasteiger partial charge in [-0.3, -0.25) is 0 Å². The summed E-state index contributed by atoms with van der Waals surface area (Å²) in [4.78, 5) is 21.9. The molecule has 128 valence electrons. The Kier molecular flexibility index (Phi) is 5.70. The number of aliphatic hydroxyl groups excluding tert-OH is 1. The van der Waals surface area contributed by atoms with Crippen LogP contribution in [-0.2, 0) is 0 Å². The van der Waals surface area contributed by atoms with Crippen molar-refractivity contribution < 1.29 is 9.90 Å². The number of aliphatic hydroxyl groups is 1. The molecule has 1 heterocycles. The lowest BCUT2D eigenvalue weighted by atomic mass is 10.0. The SMILES string of the molecule is Cc1cc(C)cc(C(O)CNC(=O)Nc2cnc(N(C)C)nc2)c1. The van der Waals surface area contributed by atoms with Gasteiger partial charge in [0.1, 0.15) is 0 Å². The van der Waals surface area contributed by atoms with Crippen molar-refractivity contribution in [2.45, 2.75) is 20.0 Å². The molecule has 7 nitrogen and oxygen atoms in total. The number of hydrogen-bond acceptors (Lipinski definition) is 5. The molecule has 24 heavy (non-hydrogen) atoms. The van der Waals surface area contributed by atoms with Crippen molar-refractivity contribution in [3.63, 3.8) is 0 Å². The van der Waals surface area contributed by atoms with E-state index in [1.807, 2.05) is 46.1 Å². The Bertz CT molecular complexity index is 680. The van der Waals surface area contributed by atoms with Crippen LogP contribution in [-0.4, -0.2) is 41.7 Å². The topological polar surface area (TPSA) is 90.4 Å². The van der Waals surface area contributed by atoms with Crippen LogP contribution in [0.5, 0.6) is 0 Å². The van der Waals surface area contributed by atoms with Crippen LogP contribution in [0.15, 0.2) is 30.6 Å². The number of hydrogen-bond donors (Lipinski definition) is 3. The van der Waals surface area contributed by atoms with Crippen molar-refractivity contribution in [3.8, 4) is 0 Å². The van der Waals surface area contributed by atoms with E-state index in [9.17, 15) is 9.90 Å². The number of benzene rings is 1. The Balaban J connectivity index is 1.88. The number of amides is 2. The summed E-state index contributed by atoms with van der Waals surface area (Å²) in [5, 5.41) is 15.5. The summed E-state index contributed by atoms with van der Waals surface area (Å²) in [5.74, 6) is 0.561. The van der Waals surface area contributed by atoms with E-state index in [1.165, 1.54) is 12.4 Å². The minimum Gasteiger partial charge on any atom is -0.387 e. The van der Waals surface area contributed by atoms with Crippen molar-refractivity contribution in [2.75, 3.05) is 30.9 Å². The lowest BCUT2D eigenvalue weighted by Crippen LogP contribution is -2.32. The monoisotopic (exact) mass is 329 g/mol. The zero-order valence-corrected chi connectivity index (χ0v) is 14.4. The number of nitrogens with one attached hydrogen (secondary N) is 2. The smallest absolute Gasteiger partial charge is 0.319 e. The van der Waals surface area contributed by atoms with Gasteiger partial charge in [-0.1, -0.05) is 29.3 Å². The standard InChI is InChI=1S/C17H23N5O2/c1-11-5-12(2)7-13(6-11)15(23)10-20-17(24)21-14-8-18-16(19-9-14)22(3)4/h5-9,15,23H,10H2,1-4H3,(H2,20,21,24). The van der Waals surface area contributed by atoms with Gasteiger partial charge in [-0.2, -0.15) is 0 Å². The number of rotatable bonds is 5. The molecule has 0 saturated heterocycles. The summed E-state index contributed by atoms with van der Waals surface area (Å²) < 4.78 is 0. The van der Waals surface area contributed by atoms with Crippen LogP contribution in [0.2, 0.25) is 0 Å². The van der Waals surface area contributed by atoms with E-state index < -0.39 is 12.1 Å². The second-order valence-corrected chi connectivity index (χ2v) is 5.94. The molecule has 1 aromatic carbocycles. The summed E-state index contributed by atoms with van der Waals surface area (Å²) in [6, 6.07) is 5.43. The van der Waals surface area contributed by atoms with E-state index in [1.54, 1.807) is 4.90 Å². The zero-order valence-electron chi connectivity index (χ0n) is 14.4. The zero-order chi connectivity index (χ0) is 17.7. The maximum Gasteiger partial charge on any atom is 0.319 e. The Morgan fingerprint density at radius 2 is 1.75 bits per heavy atom. The first-order valence-electron chi connectivity index (χ1n) is 7.65. The molecule has 0 fully saturated rings. The number of carbonyl (C=O) groups is 1. The highest BCUT2D eigenvalue weighted by molar-refractivity contribution is 5.88. The fourth-order valence-corrected chi connectivity index (χ4v) is 2.30. The average Bonchev–Trinajstić information content (AvgIpc) is 2.52. The predicted octanol–water partition coefficient (Wildman–Crippen LogP) is 2.01. The van der Waals surface area contributed by atoms with E-state index in [-0.39, 0.29) is 6.54 Å². The molecule has 2 rings (SSSR count). The van der Waals surface area contributed by atoms with E-state index in [4.69, 9.17) is 0 Å². The van der Waals surface area contributed by atoms with E-state index in [0.29, 0.717) is 11.6 Å². The van der Waals surface area contributed by atoms with Crippen LogP contribution < -0.4 is 15.5 Å². The molecule has 3 N–H and O–H groups in total. The van der Waals surface area contributed by atoms with Crippen molar-refractivity contribution >= 4 is 17.7 Å². The van der Waals surface area contributed by atoms with Gasteiger partial charge in [-0.25, -0.2) is 14.8 Å². The highest BCUT2D eigenvalue weighted by Crippen LogP contribution is 2.16. The number of aryl methyl sites for hydroxylation is 2. The second kappa shape index (κ2) is 7.74. The Labute approximate surface area is 141 Å². The van der Waals surface area contributed by atoms with Crippen molar-refractivity contribution in [3.05, 3.63) is 47.3 Å². The van der Waals surface area contributed by atoms with Gasteiger partial charge < -0.3 is 20.6 Å². The number of carbonyl (C=O) groups excluding carboxylic acids is 1. The summed E-state index contributed by atoms with van der Waals surface area (Å²) >= 11 is 0. The first-order chi connectivity index (χ1) is 11.3. The third-order valence-corrected chi connectivity index (χ3v) is 3.38. The maximum atomic E-state index is 11.9. The van der Waals surface area contributed by atoms with E-state index in [2.05, 4.69) is 20.6 Å². The first-order valence-corrected chi connectivity index (χ1v) is 7.65. The fourth-order valence-electron chi connectivity index (χ4n) is 2.30. The van der Waals surface area contributed by atoms with Crippen molar-refractivity contribution in [2.24, 2.45) is 0 Å². The molecule has 0 aliphatic carbocycles. The molecule has 0 aliphatic heterocycles. The molecular weight excluding hydrogens is 306 g/mol. The average molecular weight is 329 g/mol. The molecule has 0 aliphatic rings. The number of aromatic nitrogens is 2. The van der Waals surface area contributed by atoms with Crippen molar-refractivity contribution in [1.82, 2.24) is 15.3 Å². The highest BCUT2D eigenvalue weighted by Gasteiger charge is 2.11. The Morgan fingerprint density at radius 3 is 2.29 bits per heavy atom. The molecule has 0 bridgehead atoms. The molecular formula is C17H23N5O2. The number of anilines is 2. The molecule has 7 heteroatoms. The third kappa shape index (κ3) is 4.92. The van der Waals surface area contributed by atoms with Gasteiger partial charge in [0.25, 0.3) is 0 Å². The van der Waals surface area contributed by atoms with Crippen LogP contribution in [0.25, 0.3) is 0 Å². The van der Waals surface area contributed by atoms with Gasteiger partial charge in [0, 0.05) is 20.6 Å². The maximum absolute atomic E-state index is 11.9. The molecule has 0 radical (unpaired) electrons. The number of nitrogens with zero attached hydrogens (tertiary/aromatic N) is 3. The van der Waals surface area contributed by atoms with E-state index in [0.717, 1.165) is 16.7 Å².